The summed E-state index contributed by atoms with van der Waals surface area (Å²) >= 11 is 0. The minimum absolute atomic E-state index is 0.164. The van der Waals surface area contributed by atoms with Crippen LogP contribution in [0.2, 0.25) is 0 Å². The van der Waals surface area contributed by atoms with Gasteiger partial charge < -0.3 is 14.8 Å². The molecule has 0 spiro atoms. The van der Waals surface area contributed by atoms with E-state index in [-0.39, 0.29) is 18.2 Å². The molecule has 0 bridgehead atoms. The molecule has 0 aromatic heterocycles. The Labute approximate surface area is 147 Å². The maximum Gasteiger partial charge on any atom is 0.416 e. The first-order valence-electron chi connectivity index (χ1n) is 6.78. The molecule has 148 valence electrons. The second kappa shape index (κ2) is 8.10. The van der Waals surface area contributed by atoms with E-state index in [1.54, 1.807) is 5.32 Å². The Balaban J connectivity index is 3.38. The number of carbonyl (C=O) groups excluding carboxylic acids is 3. The van der Waals surface area contributed by atoms with Crippen LogP contribution in [-0.2, 0) is 31.4 Å². The second-order valence-corrected chi connectivity index (χ2v) is 4.82. The summed E-state index contributed by atoms with van der Waals surface area (Å²) in [5.41, 5.74) is -5.34. The van der Waals surface area contributed by atoms with Crippen molar-refractivity contribution >= 4 is 17.8 Å². The van der Waals surface area contributed by atoms with Gasteiger partial charge in [-0.3, -0.25) is 4.79 Å². The van der Waals surface area contributed by atoms with Crippen LogP contribution in [0.5, 0.6) is 0 Å². The normalized spacial score (nSPS) is 12.4. The quantitative estimate of drug-likeness (QED) is 0.478. The maximum absolute atomic E-state index is 12.8. The molecule has 0 aliphatic carbocycles. The van der Waals surface area contributed by atoms with Crippen molar-refractivity contribution in [3.05, 3.63) is 46.7 Å². The zero-order chi connectivity index (χ0) is 21.0. The van der Waals surface area contributed by atoms with E-state index in [4.69, 9.17) is 0 Å². The number of alkyl halides is 6. The highest BCUT2D eigenvalue weighted by atomic mass is 19.4. The van der Waals surface area contributed by atoms with Gasteiger partial charge >= 0.3 is 24.3 Å². The number of esters is 2. The molecule has 12 heteroatoms. The molecule has 0 saturated carbocycles. The first kappa shape index (κ1) is 22.0. The van der Waals surface area contributed by atoms with E-state index >= 15 is 0 Å². The van der Waals surface area contributed by atoms with Gasteiger partial charge in [-0.1, -0.05) is 0 Å². The fourth-order valence-corrected chi connectivity index (χ4v) is 1.71. The summed E-state index contributed by atoms with van der Waals surface area (Å²) in [4.78, 5) is 34.7. The number of nitrogens with one attached hydrogen (secondary N) is 1. The van der Waals surface area contributed by atoms with Crippen molar-refractivity contribution in [1.82, 2.24) is 5.32 Å². The van der Waals surface area contributed by atoms with E-state index in [0.29, 0.717) is 6.08 Å². The number of rotatable bonds is 4. The number of amides is 1. The van der Waals surface area contributed by atoms with Crippen LogP contribution in [0.3, 0.4) is 0 Å². The summed E-state index contributed by atoms with van der Waals surface area (Å²) in [5.74, 6) is -3.92. The predicted octanol–water partition coefficient (Wildman–Crippen LogP) is 2.68. The molecule has 1 rings (SSSR count). The predicted molar refractivity (Wildman–Crippen MR) is 76.0 cm³/mol. The molecular formula is C15H11F6NO5. The third-order valence-electron chi connectivity index (χ3n) is 2.97. The van der Waals surface area contributed by atoms with Gasteiger partial charge in [0.1, 0.15) is 5.70 Å². The molecule has 0 radical (unpaired) electrons. The highest BCUT2D eigenvalue weighted by molar-refractivity contribution is 6.04. The maximum atomic E-state index is 12.8. The molecule has 1 aromatic rings. The van der Waals surface area contributed by atoms with Crippen molar-refractivity contribution in [3.63, 3.8) is 0 Å². The Kier molecular flexibility index (Phi) is 6.60. The fourth-order valence-electron chi connectivity index (χ4n) is 1.71. The average Bonchev–Trinajstić information content (AvgIpc) is 2.58. The van der Waals surface area contributed by atoms with Gasteiger partial charge in [-0.2, -0.15) is 26.3 Å². The van der Waals surface area contributed by atoms with Crippen LogP contribution in [0.4, 0.5) is 26.3 Å². The molecule has 0 saturated heterocycles. The molecule has 0 fully saturated rings. The fraction of sp³-hybridized carbons (Fsp3) is 0.267. The van der Waals surface area contributed by atoms with Crippen molar-refractivity contribution in [2.45, 2.75) is 12.4 Å². The number of hydrogen-bond donors (Lipinski definition) is 1. The molecule has 0 aliphatic rings. The van der Waals surface area contributed by atoms with Gasteiger partial charge in [0, 0.05) is 5.56 Å². The van der Waals surface area contributed by atoms with E-state index in [1.165, 1.54) is 0 Å². The second-order valence-electron chi connectivity index (χ2n) is 4.82. The molecule has 1 aromatic carbocycles. The van der Waals surface area contributed by atoms with Gasteiger partial charge in [0.25, 0.3) is 5.91 Å². The van der Waals surface area contributed by atoms with Crippen molar-refractivity contribution in [2.75, 3.05) is 14.2 Å². The molecule has 27 heavy (non-hydrogen) atoms. The monoisotopic (exact) mass is 399 g/mol. The molecule has 0 unspecified atom stereocenters. The SMILES string of the molecule is COC(=O)/C=C(\NC(=O)c1cc(C(F)(F)F)cc(C(F)(F)F)c1)C(=O)OC. The molecule has 0 aliphatic heterocycles. The highest BCUT2D eigenvalue weighted by Gasteiger charge is 2.37. The Morgan fingerprint density at radius 3 is 1.74 bits per heavy atom. The summed E-state index contributed by atoms with van der Waals surface area (Å²) in [7, 11) is 1.80. The van der Waals surface area contributed by atoms with Crippen LogP contribution in [0.1, 0.15) is 21.5 Å². The standard InChI is InChI=1S/C15H11F6NO5/c1-26-11(23)6-10(13(25)27-2)22-12(24)7-3-8(14(16,17)18)5-9(4-7)15(19,20)21/h3-6H,1-2H3,(H,22,24)/b10-6-. The zero-order valence-corrected chi connectivity index (χ0v) is 13.6. The molecular weight excluding hydrogens is 388 g/mol. The number of benzene rings is 1. The van der Waals surface area contributed by atoms with E-state index in [9.17, 15) is 40.7 Å². The van der Waals surface area contributed by atoms with E-state index < -0.39 is 52.6 Å². The number of hydrogen-bond acceptors (Lipinski definition) is 5. The molecule has 6 nitrogen and oxygen atoms in total. The first-order chi connectivity index (χ1) is 12.3. The average molecular weight is 399 g/mol. The van der Waals surface area contributed by atoms with Crippen molar-refractivity contribution in [3.8, 4) is 0 Å². The summed E-state index contributed by atoms with van der Waals surface area (Å²) < 4.78 is 85.4. The summed E-state index contributed by atoms with van der Waals surface area (Å²) in [6.07, 6.45) is -9.88. The minimum atomic E-state index is -5.16. The Bertz CT molecular complexity index is 750. The van der Waals surface area contributed by atoms with Crippen LogP contribution in [0.15, 0.2) is 30.0 Å². The minimum Gasteiger partial charge on any atom is -0.466 e. The van der Waals surface area contributed by atoms with Crippen molar-refractivity contribution in [2.24, 2.45) is 0 Å². The Morgan fingerprint density at radius 1 is 0.889 bits per heavy atom. The van der Waals surface area contributed by atoms with Crippen molar-refractivity contribution in [1.29, 1.82) is 0 Å². The lowest BCUT2D eigenvalue weighted by Crippen LogP contribution is -2.29. The van der Waals surface area contributed by atoms with Crippen LogP contribution in [0.25, 0.3) is 0 Å². The van der Waals surface area contributed by atoms with Crippen LogP contribution in [-0.4, -0.2) is 32.1 Å². The molecule has 0 heterocycles. The lowest BCUT2D eigenvalue weighted by atomic mass is 10.0. The zero-order valence-electron chi connectivity index (χ0n) is 13.6. The van der Waals surface area contributed by atoms with Crippen molar-refractivity contribution < 1.29 is 50.2 Å². The van der Waals surface area contributed by atoms with Gasteiger partial charge in [-0.15, -0.1) is 0 Å². The topological polar surface area (TPSA) is 81.7 Å². The van der Waals surface area contributed by atoms with E-state index in [1.807, 2.05) is 0 Å². The number of methoxy groups -OCH3 is 2. The lowest BCUT2D eigenvalue weighted by Gasteiger charge is -2.14. The van der Waals surface area contributed by atoms with Crippen LogP contribution in [0, 0.1) is 0 Å². The molecule has 0 atom stereocenters. The first-order valence-corrected chi connectivity index (χ1v) is 6.78. The summed E-state index contributed by atoms with van der Waals surface area (Å²) in [6, 6.07) is 0.164. The molecule has 1 amide bonds. The summed E-state index contributed by atoms with van der Waals surface area (Å²) in [5, 5.41) is 1.72. The smallest absolute Gasteiger partial charge is 0.416 e. The van der Waals surface area contributed by atoms with E-state index in [2.05, 4.69) is 9.47 Å². The van der Waals surface area contributed by atoms with Gasteiger partial charge in [0.2, 0.25) is 0 Å². The van der Waals surface area contributed by atoms with E-state index in [0.717, 1.165) is 14.2 Å². The summed E-state index contributed by atoms with van der Waals surface area (Å²) in [6.45, 7) is 0. The van der Waals surface area contributed by atoms with Gasteiger partial charge in [0.15, 0.2) is 0 Å². The highest BCUT2D eigenvalue weighted by Crippen LogP contribution is 2.36. The largest absolute Gasteiger partial charge is 0.466 e. The molecule has 1 N–H and O–H groups in total. The van der Waals surface area contributed by atoms with Crippen LogP contribution >= 0.6 is 0 Å². The number of halogens is 6. The Hall–Kier alpha value is -3.05. The van der Waals surface area contributed by atoms with Gasteiger partial charge in [-0.25, -0.2) is 9.59 Å². The van der Waals surface area contributed by atoms with Gasteiger partial charge in [0.05, 0.1) is 31.4 Å². The van der Waals surface area contributed by atoms with Gasteiger partial charge in [-0.05, 0) is 18.2 Å². The number of carbonyl (C=O) groups is 3. The third-order valence-corrected chi connectivity index (χ3v) is 2.97. The Morgan fingerprint density at radius 2 is 1.37 bits per heavy atom. The van der Waals surface area contributed by atoms with Crippen LogP contribution < -0.4 is 5.32 Å². The number of ether oxygens (including phenoxy) is 2. The third kappa shape index (κ3) is 6.01. The lowest BCUT2D eigenvalue weighted by molar-refractivity contribution is -0.143.